The molecule has 0 radical (unpaired) electrons. The third kappa shape index (κ3) is 2.43. The number of carbonyl (C=O) groups is 1. The second-order valence-corrected chi connectivity index (χ2v) is 5.16. The highest BCUT2D eigenvalue weighted by Gasteiger charge is 2.40. The molecule has 2 rings (SSSR count). The zero-order chi connectivity index (χ0) is 12.5. The van der Waals surface area contributed by atoms with E-state index in [-0.39, 0.29) is 11.5 Å². The van der Waals surface area contributed by atoms with E-state index >= 15 is 0 Å². The fraction of sp³-hybridized carbons (Fsp3) is 0.667. The summed E-state index contributed by atoms with van der Waals surface area (Å²) < 4.78 is 1.71. The van der Waals surface area contributed by atoms with Crippen molar-refractivity contribution in [1.82, 2.24) is 15.1 Å². The molecule has 1 atom stereocenters. The van der Waals surface area contributed by atoms with Crippen LogP contribution in [0.25, 0.3) is 0 Å². The number of aryl methyl sites for hydroxylation is 1. The van der Waals surface area contributed by atoms with Gasteiger partial charge in [-0.25, -0.2) is 4.79 Å². The number of carboxylic acid groups (broad SMARTS) is 1. The van der Waals surface area contributed by atoms with Crippen LogP contribution in [0.2, 0.25) is 0 Å². The lowest BCUT2D eigenvalue weighted by molar-refractivity contribution is 0.164. The Morgan fingerprint density at radius 3 is 2.71 bits per heavy atom. The second kappa shape index (κ2) is 4.39. The number of rotatable bonds is 3. The molecule has 0 unspecified atom stereocenters. The van der Waals surface area contributed by atoms with Crippen molar-refractivity contribution in [2.75, 3.05) is 0 Å². The van der Waals surface area contributed by atoms with Crippen LogP contribution in [0.3, 0.4) is 0 Å². The molecule has 1 aromatic heterocycles. The van der Waals surface area contributed by atoms with E-state index in [1.807, 2.05) is 19.3 Å². The smallest absolute Gasteiger partial charge is 0.405 e. The highest BCUT2D eigenvalue weighted by Crippen LogP contribution is 2.46. The monoisotopic (exact) mass is 237 g/mol. The third-order valence-electron chi connectivity index (χ3n) is 3.74. The van der Waals surface area contributed by atoms with Crippen LogP contribution in [0.5, 0.6) is 0 Å². The average Bonchev–Trinajstić information content (AvgIpc) is 2.84. The van der Waals surface area contributed by atoms with Crippen LogP contribution in [-0.4, -0.2) is 21.0 Å². The Morgan fingerprint density at radius 1 is 1.59 bits per heavy atom. The third-order valence-corrected chi connectivity index (χ3v) is 3.74. The summed E-state index contributed by atoms with van der Waals surface area (Å²) in [5, 5.41) is 16.0. The van der Waals surface area contributed by atoms with Crippen LogP contribution in [0, 0.1) is 5.41 Å². The predicted octanol–water partition coefficient (Wildman–Crippen LogP) is 2.31. The number of aromatic nitrogens is 2. The lowest BCUT2D eigenvalue weighted by atomic mass is 9.79. The Kier molecular flexibility index (Phi) is 3.09. The van der Waals surface area contributed by atoms with Gasteiger partial charge in [0.15, 0.2) is 0 Å². The minimum Gasteiger partial charge on any atom is -0.465 e. The van der Waals surface area contributed by atoms with Gasteiger partial charge >= 0.3 is 6.09 Å². The summed E-state index contributed by atoms with van der Waals surface area (Å²) in [6, 6.07) is 1.69. The predicted molar refractivity (Wildman–Crippen MR) is 63.7 cm³/mol. The fourth-order valence-corrected chi connectivity index (χ4v) is 2.79. The SMILES string of the molecule is Cn1ccc([C@H](NC(=O)O)C2(C)CCCC2)n1. The minimum absolute atomic E-state index is 0.00720. The number of nitrogens with one attached hydrogen (secondary N) is 1. The zero-order valence-electron chi connectivity index (χ0n) is 10.3. The molecule has 0 aromatic carbocycles. The molecule has 1 amide bonds. The second-order valence-electron chi connectivity index (χ2n) is 5.16. The van der Waals surface area contributed by atoms with Gasteiger partial charge in [0.25, 0.3) is 0 Å². The fourth-order valence-electron chi connectivity index (χ4n) is 2.79. The van der Waals surface area contributed by atoms with Gasteiger partial charge in [-0.1, -0.05) is 19.8 Å². The van der Waals surface area contributed by atoms with Crippen molar-refractivity contribution >= 4 is 6.09 Å². The molecule has 0 spiro atoms. The number of hydrogen-bond acceptors (Lipinski definition) is 2. The van der Waals surface area contributed by atoms with Crippen molar-refractivity contribution < 1.29 is 9.90 Å². The van der Waals surface area contributed by atoms with Gasteiger partial charge in [-0.05, 0) is 24.3 Å². The summed E-state index contributed by atoms with van der Waals surface area (Å²) in [6.07, 6.45) is 5.31. The maximum Gasteiger partial charge on any atom is 0.405 e. The van der Waals surface area contributed by atoms with Gasteiger partial charge in [0.05, 0.1) is 11.7 Å². The Hall–Kier alpha value is -1.52. The van der Waals surface area contributed by atoms with E-state index in [1.54, 1.807) is 4.68 Å². The highest BCUT2D eigenvalue weighted by molar-refractivity contribution is 5.65. The van der Waals surface area contributed by atoms with Crippen molar-refractivity contribution in [3.63, 3.8) is 0 Å². The van der Waals surface area contributed by atoms with Crippen LogP contribution in [-0.2, 0) is 7.05 Å². The van der Waals surface area contributed by atoms with Gasteiger partial charge in [0.1, 0.15) is 0 Å². The van der Waals surface area contributed by atoms with Gasteiger partial charge in [-0.15, -0.1) is 0 Å². The van der Waals surface area contributed by atoms with Crippen molar-refractivity contribution in [3.05, 3.63) is 18.0 Å². The molecule has 2 N–H and O–H groups in total. The maximum atomic E-state index is 10.9. The number of nitrogens with zero attached hydrogens (tertiary/aromatic N) is 2. The van der Waals surface area contributed by atoms with Gasteiger partial charge in [-0.3, -0.25) is 4.68 Å². The number of hydrogen-bond donors (Lipinski definition) is 2. The van der Waals surface area contributed by atoms with E-state index in [1.165, 1.54) is 12.8 Å². The minimum atomic E-state index is -0.978. The molecular formula is C12H19N3O2. The summed E-state index contributed by atoms with van der Waals surface area (Å²) >= 11 is 0. The quantitative estimate of drug-likeness (QED) is 0.847. The van der Waals surface area contributed by atoms with Crippen molar-refractivity contribution in [3.8, 4) is 0 Å². The van der Waals surface area contributed by atoms with Crippen LogP contribution in [0.1, 0.15) is 44.3 Å². The molecule has 1 heterocycles. The summed E-state index contributed by atoms with van der Waals surface area (Å²) in [7, 11) is 1.85. The summed E-state index contributed by atoms with van der Waals surface area (Å²) in [6.45, 7) is 2.15. The van der Waals surface area contributed by atoms with Crippen LogP contribution in [0.4, 0.5) is 4.79 Å². The molecule has 5 heteroatoms. The van der Waals surface area contributed by atoms with Crippen molar-refractivity contribution in [1.29, 1.82) is 0 Å². The van der Waals surface area contributed by atoms with E-state index in [0.717, 1.165) is 18.5 Å². The molecule has 1 aliphatic carbocycles. The van der Waals surface area contributed by atoms with Gasteiger partial charge < -0.3 is 10.4 Å². The first-order valence-corrected chi connectivity index (χ1v) is 6.00. The first-order chi connectivity index (χ1) is 8.01. The summed E-state index contributed by atoms with van der Waals surface area (Å²) in [5.74, 6) is 0. The average molecular weight is 237 g/mol. The van der Waals surface area contributed by atoms with Crippen LogP contribution < -0.4 is 5.32 Å². The van der Waals surface area contributed by atoms with Crippen LogP contribution >= 0.6 is 0 Å². The van der Waals surface area contributed by atoms with E-state index in [4.69, 9.17) is 5.11 Å². The van der Waals surface area contributed by atoms with E-state index < -0.39 is 6.09 Å². The van der Waals surface area contributed by atoms with Gasteiger partial charge in [-0.2, -0.15) is 5.10 Å². The maximum absolute atomic E-state index is 10.9. The number of amides is 1. The lowest BCUT2D eigenvalue weighted by Gasteiger charge is -2.32. The van der Waals surface area contributed by atoms with E-state index in [0.29, 0.717) is 0 Å². The summed E-state index contributed by atoms with van der Waals surface area (Å²) in [4.78, 5) is 10.9. The standard InChI is InChI=1S/C12H19N3O2/c1-12(6-3-4-7-12)10(13-11(16)17)9-5-8-15(2)14-9/h5,8,10,13H,3-4,6-7H2,1-2H3,(H,16,17)/t10-/m0/s1. The summed E-state index contributed by atoms with van der Waals surface area (Å²) in [5.41, 5.74) is 0.812. The zero-order valence-corrected chi connectivity index (χ0v) is 10.3. The van der Waals surface area contributed by atoms with E-state index in [9.17, 15) is 4.79 Å². The normalized spacial score (nSPS) is 20.1. The Bertz CT molecular complexity index is 408. The van der Waals surface area contributed by atoms with E-state index in [2.05, 4.69) is 17.3 Å². The molecule has 1 fully saturated rings. The Labute approximate surface area is 101 Å². The molecule has 17 heavy (non-hydrogen) atoms. The topological polar surface area (TPSA) is 67.2 Å². The Balaban J connectivity index is 2.27. The van der Waals surface area contributed by atoms with Gasteiger partial charge in [0, 0.05) is 13.2 Å². The first kappa shape index (κ1) is 12.0. The van der Waals surface area contributed by atoms with Crippen LogP contribution in [0.15, 0.2) is 12.3 Å². The lowest BCUT2D eigenvalue weighted by Crippen LogP contribution is -2.37. The van der Waals surface area contributed by atoms with Crippen molar-refractivity contribution in [2.45, 2.75) is 38.6 Å². The first-order valence-electron chi connectivity index (χ1n) is 6.00. The molecule has 94 valence electrons. The molecule has 1 aromatic rings. The molecule has 0 saturated heterocycles. The molecule has 5 nitrogen and oxygen atoms in total. The van der Waals surface area contributed by atoms with Crippen molar-refractivity contribution in [2.24, 2.45) is 12.5 Å². The Morgan fingerprint density at radius 2 is 2.24 bits per heavy atom. The molecule has 1 aliphatic rings. The largest absolute Gasteiger partial charge is 0.465 e. The highest BCUT2D eigenvalue weighted by atomic mass is 16.4. The molecule has 0 bridgehead atoms. The molecule has 1 saturated carbocycles. The molecular weight excluding hydrogens is 218 g/mol. The molecule has 0 aliphatic heterocycles. The van der Waals surface area contributed by atoms with Gasteiger partial charge in [0.2, 0.25) is 0 Å².